The zero-order valence-electron chi connectivity index (χ0n) is 18.8. The first-order valence-corrected chi connectivity index (χ1v) is 11.5. The highest BCUT2D eigenvalue weighted by Crippen LogP contribution is 2.25. The number of amides is 1. The molecule has 176 valence electrons. The number of halogens is 1. The van der Waals surface area contributed by atoms with E-state index in [0.717, 1.165) is 32.5 Å². The largest absolute Gasteiger partial charge is 0.465 e. The van der Waals surface area contributed by atoms with Gasteiger partial charge in [-0.25, -0.2) is 9.78 Å². The van der Waals surface area contributed by atoms with Crippen LogP contribution in [0.4, 0.5) is 17.2 Å². The Morgan fingerprint density at radius 2 is 1.88 bits per heavy atom. The number of ether oxygens (including phenoxy) is 1. The van der Waals surface area contributed by atoms with Crippen molar-refractivity contribution in [3.63, 3.8) is 0 Å². The molecule has 0 unspecified atom stereocenters. The third kappa shape index (κ3) is 5.82. The number of hydrogen-bond acceptors (Lipinski definition) is 7. The summed E-state index contributed by atoms with van der Waals surface area (Å²) in [7, 11) is 1.31. The average molecular weight is 480 g/mol. The predicted molar refractivity (Wildman–Crippen MR) is 133 cm³/mol. The number of carbonyl (C=O) groups is 2. The van der Waals surface area contributed by atoms with Crippen LogP contribution in [-0.4, -0.2) is 48.6 Å². The average Bonchev–Trinajstić information content (AvgIpc) is 2.89. The number of carbonyl (C=O) groups excluding carboxylic acids is 2. The van der Waals surface area contributed by atoms with Crippen molar-refractivity contribution in [2.24, 2.45) is 5.92 Å². The van der Waals surface area contributed by atoms with Crippen LogP contribution in [0.2, 0.25) is 5.02 Å². The number of pyridine rings is 2. The molecule has 0 saturated carbocycles. The van der Waals surface area contributed by atoms with Gasteiger partial charge in [0, 0.05) is 49.6 Å². The number of anilines is 3. The van der Waals surface area contributed by atoms with Gasteiger partial charge < -0.3 is 20.3 Å². The van der Waals surface area contributed by atoms with Gasteiger partial charge in [-0.2, -0.15) is 0 Å². The molecule has 0 spiro atoms. The van der Waals surface area contributed by atoms with Crippen LogP contribution in [0.25, 0.3) is 0 Å². The first-order chi connectivity index (χ1) is 16.5. The van der Waals surface area contributed by atoms with Crippen LogP contribution in [0.5, 0.6) is 0 Å². The molecule has 0 bridgehead atoms. The fraction of sp³-hybridized carbons (Fsp3) is 0.280. The van der Waals surface area contributed by atoms with E-state index in [1.54, 1.807) is 24.3 Å². The van der Waals surface area contributed by atoms with E-state index in [-0.39, 0.29) is 5.91 Å². The molecular weight excluding hydrogens is 454 g/mol. The van der Waals surface area contributed by atoms with Gasteiger partial charge in [-0.15, -0.1) is 0 Å². The maximum atomic E-state index is 13.0. The molecular formula is C25H26ClN5O3. The molecule has 1 fully saturated rings. The highest BCUT2D eigenvalue weighted by molar-refractivity contribution is 6.30. The number of hydrogen-bond donors (Lipinski definition) is 2. The van der Waals surface area contributed by atoms with Crippen molar-refractivity contribution in [3.8, 4) is 0 Å². The third-order valence-corrected chi connectivity index (χ3v) is 6.10. The van der Waals surface area contributed by atoms with Gasteiger partial charge in [0.05, 0.1) is 23.3 Å². The number of methoxy groups -OCH3 is 1. The number of aromatic nitrogens is 2. The van der Waals surface area contributed by atoms with Gasteiger partial charge in [0.2, 0.25) is 0 Å². The normalized spacial score (nSPS) is 13.9. The number of rotatable bonds is 7. The van der Waals surface area contributed by atoms with E-state index >= 15 is 0 Å². The van der Waals surface area contributed by atoms with Gasteiger partial charge >= 0.3 is 5.97 Å². The molecule has 0 aliphatic carbocycles. The van der Waals surface area contributed by atoms with E-state index in [4.69, 9.17) is 16.3 Å². The molecule has 34 heavy (non-hydrogen) atoms. The van der Waals surface area contributed by atoms with Crippen molar-refractivity contribution >= 4 is 40.7 Å². The lowest BCUT2D eigenvalue weighted by Gasteiger charge is -2.33. The summed E-state index contributed by atoms with van der Waals surface area (Å²) in [5.74, 6) is -0.0520. The maximum absolute atomic E-state index is 13.0. The lowest BCUT2D eigenvalue weighted by atomic mass is 9.96. The van der Waals surface area contributed by atoms with Crippen LogP contribution >= 0.6 is 11.6 Å². The minimum atomic E-state index is -0.506. The number of nitrogens with zero attached hydrogens (tertiary/aromatic N) is 3. The Morgan fingerprint density at radius 1 is 1.12 bits per heavy atom. The first-order valence-electron chi connectivity index (χ1n) is 11.1. The molecule has 2 N–H and O–H groups in total. The van der Waals surface area contributed by atoms with Crippen molar-refractivity contribution < 1.29 is 14.3 Å². The molecule has 0 atom stereocenters. The van der Waals surface area contributed by atoms with E-state index in [1.807, 2.05) is 24.5 Å². The van der Waals surface area contributed by atoms with Crippen LogP contribution in [0.15, 0.2) is 61.1 Å². The van der Waals surface area contributed by atoms with Crippen LogP contribution in [0.1, 0.15) is 33.6 Å². The van der Waals surface area contributed by atoms with Gasteiger partial charge in [-0.05, 0) is 61.2 Å². The van der Waals surface area contributed by atoms with E-state index in [9.17, 15) is 9.59 Å². The zero-order valence-corrected chi connectivity index (χ0v) is 19.6. The zero-order chi connectivity index (χ0) is 23.9. The SMILES string of the molecule is COC(=O)c1ccc(NCC2CCN(c3ccncc3)CC2)c(C(=O)Nc2ccc(Cl)cn2)c1. The van der Waals surface area contributed by atoms with Crippen LogP contribution < -0.4 is 15.5 Å². The number of nitrogens with one attached hydrogen (secondary N) is 2. The van der Waals surface area contributed by atoms with E-state index in [2.05, 4.69) is 25.5 Å². The van der Waals surface area contributed by atoms with E-state index < -0.39 is 5.97 Å². The van der Waals surface area contributed by atoms with Crippen LogP contribution in [-0.2, 0) is 4.74 Å². The van der Waals surface area contributed by atoms with Gasteiger partial charge in [0.25, 0.3) is 5.91 Å². The van der Waals surface area contributed by atoms with Crippen molar-refractivity contribution in [1.29, 1.82) is 0 Å². The summed E-state index contributed by atoms with van der Waals surface area (Å²) in [4.78, 5) is 35.6. The Bertz CT molecular complexity index is 1130. The molecule has 8 nitrogen and oxygen atoms in total. The Balaban J connectivity index is 1.43. The fourth-order valence-corrected chi connectivity index (χ4v) is 4.08. The van der Waals surface area contributed by atoms with Gasteiger partial charge in [0.15, 0.2) is 0 Å². The second-order valence-electron chi connectivity index (χ2n) is 8.08. The van der Waals surface area contributed by atoms with Crippen LogP contribution in [0.3, 0.4) is 0 Å². The molecule has 1 amide bonds. The van der Waals surface area contributed by atoms with Crippen LogP contribution in [0, 0.1) is 5.92 Å². The molecule has 3 heterocycles. The monoisotopic (exact) mass is 479 g/mol. The molecule has 1 aromatic carbocycles. The smallest absolute Gasteiger partial charge is 0.337 e. The second-order valence-corrected chi connectivity index (χ2v) is 8.52. The molecule has 3 aromatic rings. The molecule has 1 saturated heterocycles. The lowest BCUT2D eigenvalue weighted by Crippen LogP contribution is -2.36. The highest BCUT2D eigenvalue weighted by atomic mass is 35.5. The maximum Gasteiger partial charge on any atom is 0.337 e. The van der Waals surface area contributed by atoms with E-state index in [1.165, 1.54) is 25.1 Å². The quantitative estimate of drug-likeness (QED) is 0.481. The minimum absolute atomic E-state index is 0.299. The summed E-state index contributed by atoms with van der Waals surface area (Å²) in [5, 5.41) is 6.65. The highest BCUT2D eigenvalue weighted by Gasteiger charge is 2.21. The predicted octanol–water partition coefficient (Wildman–Crippen LogP) is 4.50. The fourth-order valence-electron chi connectivity index (χ4n) is 3.97. The topological polar surface area (TPSA) is 96.5 Å². The summed E-state index contributed by atoms with van der Waals surface area (Å²) in [6.45, 7) is 2.65. The van der Waals surface area contributed by atoms with Crippen molar-refractivity contribution in [1.82, 2.24) is 9.97 Å². The Hall–Kier alpha value is -3.65. The van der Waals surface area contributed by atoms with E-state index in [0.29, 0.717) is 33.6 Å². The molecule has 9 heteroatoms. The second kappa shape index (κ2) is 11.0. The number of benzene rings is 1. The van der Waals surface area contributed by atoms with Gasteiger partial charge in [-0.1, -0.05) is 11.6 Å². The summed E-state index contributed by atoms with van der Waals surface area (Å²) in [6.07, 6.45) is 7.15. The molecule has 0 radical (unpaired) electrons. The van der Waals surface area contributed by atoms with Crippen molar-refractivity contribution in [3.05, 3.63) is 77.2 Å². The van der Waals surface area contributed by atoms with Crippen molar-refractivity contribution in [2.45, 2.75) is 12.8 Å². The Kier molecular flexibility index (Phi) is 7.59. The summed E-state index contributed by atoms with van der Waals surface area (Å²) in [6, 6.07) is 12.2. The lowest BCUT2D eigenvalue weighted by molar-refractivity contribution is 0.0600. The molecule has 1 aliphatic rings. The molecule has 2 aromatic heterocycles. The molecule has 4 rings (SSSR count). The minimum Gasteiger partial charge on any atom is -0.465 e. The standard InChI is InChI=1S/C25H26ClN5O3/c1-34-25(33)18-2-4-22(21(14-18)24(32)30-23-5-3-19(26)16-29-23)28-15-17-8-12-31(13-9-17)20-6-10-27-11-7-20/h2-7,10-11,14,16-17,28H,8-9,12-13,15H2,1H3,(H,29,30,32). The number of piperidine rings is 1. The summed E-state index contributed by atoms with van der Waals surface area (Å²) < 4.78 is 4.82. The summed E-state index contributed by atoms with van der Waals surface area (Å²) >= 11 is 5.88. The molecule has 1 aliphatic heterocycles. The Labute approximate surface area is 203 Å². The Morgan fingerprint density at radius 3 is 2.56 bits per heavy atom. The first kappa shape index (κ1) is 23.5. The van der Waals surface area contributed by atoms with Gasteiger partial charge in [0.1, 0.15) is 5.82 Å². The summed E-state index contributed by atoms with van der Waals surface area (Å²) in [5.41, 5.74) is 2.48. The third-order valence-electron chi connectivity index (χ3n) is 5.88. The van der Waals surface area contributed by atoms with Crippen molar-refractivity contribution in [2.75, 3.05) is 42.3 Å². The number of esters is 1. The van der Waals surface area contributed by atoms with Gasteiger partial charge in [-0.3, -0.25) is 9.78 Å².